The van der Waals surface area contributed by atoms with E-state index in [-0.39, 0.29) is 16.8 Å². The van der Waals surface area contributed by atoms with E-state index in [1.807, 2.05) is 0 Å². The predicted molar refractivity (Wildman–Crippen MR) is 68.6 cm³/mol. The first-order valence-corrected chi connectivity index (χ1v) is 6.69. The molecule has 1 atom stereocenters. The first-order valence-electron chi connectivity index (χ1n) is 6.69. The minimum Gasteiger partial charge on any atom is -0.469 e. The van der Waals surface area contributed by atoms with Gasteiger partial charge in [-0.05, 0) is 50.9 Å². The molecule has 2 aliphatic rings. The molecule has 0 heterocycles. The Labute approximate surface area is 104 Å². The highest BCUT2D eigenvalue weighted by Crippen LogP contribution is 2.51. The molecule has 0 aromatic heterocycles. The standard InChI is InChI=1S/C15H24O2/c1-14(2)8-5-6-11-7-9-15(3,10-12(11)14)13(16)17-4/h5-10H2,1-4H3. The van der Waals surface area contributed by atoms with Gasteiger partial charge < -0.3 is 4.74 Å². The molecule has 0 saturated carbocycles. The van der Waals surface area contributed by atoms with Crippen LogP contribution < -0.4 is 0 Å². The van der Waals surface area contributed by atoms with Gasteiger partial charge in [-0.25, -0.2) is 0 Å². The first kappa shape index (κ1) is 12.7. The number of allylic oxidation sites excluding steroid dienone is 2. The van der Waals surface area contributed by atoms with Gasteiger partial charge in [-0.2, -0.15) is 0 Å². The maximum atomic E-state index is 11.9. The predicted octanol–water partition coefficient (Wildman–Crippen LogP) is 3.86. The molecule has 0 aliphatic heterocycles. The van der Waals surface area contributed by atoms with Crippen LogP contribution in [0.2, 0.25) is 0 Å². The molecule has 17 heavy (non-hydrogen) atoms. The molecule has 0 saturated heterocycles. The second-order valence-corrected chi connectivity index (χ2v) is 6.55. The van der Waals surface area contributed by atoms with Gasteiger partial charge in [0.15, 0.2) is 0 Å². The van der Waals surface area contributed by atoms with E-state index in [2.05, 4.69) is 20.8 Å². The molecule has 0 fully saturated rings. The lowest BCUT2D eigenvalue weighted by molar-refractivity contribution is -0.152. The maximum Gasteiger partial charge on any atom is 0.311 e. The maximum absolute atomic E-state index is 11.9. The van der Waals surface area contributed by atoms with Crippen LogP contribution in [0.25, 0.3) is 0 Å². The molecule has 0 N–H and O–H groups in total. The zero-order valence-electron chi connectivity index (χ0n) is 11.6. The highest BCUT2D eigenvalue weighted by Gasteiger charge is 2.43. The van der Waals surface area contributed by atoms with Crippen molar-refractivity contribution in [2.45, 2.75) is 59.3 Å². The SMILES string of the molecule is COC(=O)C1(C)CCC2=C(C1)C(C)(C)CCC2. The van der Waals surface area contributed by atoms with E-state index in [9.17, 15) is 4.79 Å². The normalized spacial score (nSPS) is 32.0. The summed E-state index contributed by atoms with van der Waals surface area (Å²) in [4.78, 5) is 11.9. The fourth-order valence-electron chi connectivity index (χ4n) is 3.49. The fraction of sp³-hybridized carbons (Fsp3) is 0.800. The van der Waals surface area contributed by atoms with Gasteiger partial charge in [-0.15, -0.1) is 0 Å². The summed E-state index contributed by atoms with van der Waals surface area (Å²) in [5.74, 6) is -0.0366. The summed E-state index contributed by atoms with van der Waals surface area (Å²) >= 11 is 0. The smallest absolute Gasteiger partial charge is 0.311 e. The van der Waals surface area contributed by atoms with E-state index < -0.39 is 0 Å². The third-order valence-electron chi connectivity index (χ3n) is 4.75. The quantitative estimate of drug-likeness (QED) is 0.510. The lowest BCUT2D eigenvalue weighted by Crippen LogP contribution is -2.36. The number of carbonyl (C=O) groups is 1. The zero-order valence-corrected chi connectivity index (χ0v) is 11.6. The topological polar surface area (TPSA) is 26.3 Å². The van der Waals surface area contributed by atoms with Gasteiger partial charge in [0.05, 0.1) is 12.5 Å². The van der Waals surface area contributed by atoms with Crippen LogP contribution in [0.3, 0.4) is 0 Å². The van der Waals surface area contributed by atoms with Gasteiger partial charge in [-0.1, -0.05) is 25.0 Å². The second-order valence-electron chi connectivity index (χ2n) is 6.55. The molecule has 0 bridgehead atoms. The molecular formula is C15H24O2. The van der Waals surface area contributed by atoms with Gasteiger partial charge in [0, 0.05) is 0 Å². The minimum atomic E-state index is -0.289. The van der Waals surface area contributed by atoms with Gasteiger partial charge in [-0.3, -0.25) is 4.79 Å². The molecule has 1 unspecified atom stereocenters. The number of hydrogen-bond acceptors (Lipinski definition) is 2. The van der Waals surface area contributed by atoms with Gasteiger partial charge >= 0.3 is 5.97 Å². The van der Waals surface area contributed by atoms with Gasteiger partial charge in [0.25, 0.3) is 0 Å². The monoisotopic (exact) mass is 236 g/mol. The molecule has 2 rings (SSSR count). The molecule has 0 aromatic carbocycles. The van der Waals surface area contributed by atoms with Crippen LogP contribution >= 0.6 is 0 Å². The van der Waals surface area contributed by atoms with E-state index >= 15 is 0 Å². The van der Waals surface area contributed by atoms with E-state index in [1.54, 1.807) is 11.1 Å². The Bertz CT molecular complexity index is 365. The Morgan fingerprint density at radius 3 is 2.53 bits per heavy atom. The molecule has 0 aromatic rings. The van der Waals surface area contributed by atoms with E-state index in [4.69, 9.17) is 4.74 Å². The molecule has 0 spiro atoms. The Balaban J connectivity index is 2.30. The highest BCUT2D eigenvalue weighted by atomic mass is 16.5. The molecule has 0 amide bonds. The summed E-state index contributed by atoms with van der Waals surface area (Å²) in [7, 11) is 1.50. The summed E-state index contributed by atoms with van der Waals surface area (Å²) in [5, 5.41) is 0. The summed E-state index contributed by atoms with van der Waals surface area (Å²) in [5.41, 5.74) is 3.16. The van der Waals surface area contributed by atoms with Crippen LogP contribution in [0, 0.1) is 10.8 Å². The third kappa shape index (κ3) is 2.14. The van der Waals surface area contributed by atoms with E-state index in [1.165, 1.54) is 26.4 Å². The molecule has 2 heteroatoms. The molecule has 2 nitrogen and oxygen atoms in total. The molecular weight excluding hydrogens is 212 g/mol. The van der Waals surface area contributed by atoms with Crippen LogP contribution in [0.1, 0.15) is 59.3 Å². The van der Waals surface area contributed by atoms with Crippen molar-refractivity contribution in [1.29, 1.82) is 0 Å². The van der Waals surface area contributed by atoms with Crippen LogP contribution in [0.5, 0.6) is 0 Å². The van der Waals surface area contributed by atoms with Crippen molar-refractivity contribution in [3.63, 3.8) is 0 Å². The van der Waals surface area contributed by atoms with Crippen molar-refractivity contribution >= 4 is 5.97 Å². The number of esters is 1. The van der Waals surface area contributed by atoms with Crippen molar-refractivity contribution in [2.75, 3.05) is 7.11 Å². The average molecular weight is 236 g/mol. The van der Waals surface area contributed by atoms with Crippen molar-refractivity contribution in [3.05, 3.63) is 11.1 Å². The highest BCUT2D eigenvalue weighted by molar-refractivity contribution is 5.77. The van der Waals surface area contributed by atoms with E-state index in [0.717, 1.165) is 19.3 Å². The lowest BCUT2D eigenvalue weighted by atomic mass is 9.61. The number of carbonyl (C=O) groups excluding carboxylic acids is 1. The number of methoxy groups -OCH3 is 1. The van der Waals surface area contributed by atoms with E-state index in [0.29, 0.717) is 0 Å². The summed E-state index contributed by atoms with van der Waals surface area (Å²) in [6.45, 7) is 6.71. The molecule has 96 valence electrons. The largest absolute Gasteiger partial charge is 0.469 e. The van der Waals surface area contributed by atoms with Crippen molar-refractivity contribution in [3.8, 4) is 0 Å². The number of ether oxygens (including phenoxy) is 1. The van der Waals surface area contributed by atoms with Gasteiger partial charge in [0.1, 0.15) is 0 Å². The summed E-state index contributed by atoms with van der Waals surface area (Å²) < 4.78 is 4.98. The van der Waals surface area contributed by atoms with Crippen molar-refractivity contribution in [2.24, 2.45) is 10.8 Å². The molecule has 2 aliphatic carbocycles. The second kappa shape index (κ2) is 4.15. The van der Waals surface area contributed by atoms with Crippen LogP contribution in [0.15, 0.2) is 11.1 Å². The minimum absolute atomic E-state index is 0.0366. The third-order valence-corrected chi connectivity index (χ3v) is 4.75. The molecule has 0 radical (unpaired) electrons. The van der Waals surface area contributed by atoms with Crippen LogP contribution in [-0.2, 0) is 9.53 Å². The summed E-state index contributed by atoms with van der Waals surface area (Å²) in [6.07, 6.45) is 6.75. The number of hydrogen-bond donors (Lipinski definition) is 0. The number of rotatable bonds is 1. The first-order chi connectivity index (χ1) is 7.89. The summed E-state index contributed by atoms with van der Waals surface area (Å²) in [6, 6.07) is 0. The Kier molecular flexibility index (Phi) is 3.09. The van der Waals surface area contributed by atoms with Crippen molar-refractivity contribution < 1.29 is 9.53 Å². The fourth-order valence-corrected chi connectivity index (χ4v) is 3.49. The van der Waals surface area contributed by atoms with Crippen LogP contribution in [-0.4, -0.2) is 13.1 Å². The Morgan fingerprint density at radius 2 is 1.88 bits per heavy atom. The lowest BCUT2D eigenvalue weighted by Gasteiger charge is -2.43. The Hall–Kier alpha value is -0.790. The van der Waals surface area contributed by atoms with Crippen molar-refractivity contribution in [1.82, 2.24) is 0 Å². The Morgan fingerprint density at radius 1 is 1.18 bits per heavy atom. The zero-order chi connectivity index (χ0) is 12.7. The average Bonchev–Trinajstić information content (AvgIpc) is 2.29. The van der Waals surface area contributed by atoms with Gasteiger partial charge in [0.2, 0.25) is 0 Å². The van der Waals surface area contributed by atoms with Crippen LogP contribution in [0.4, 0.5) is 0 Å².